The molecule has 3 N–H and O–H groups in total. The molecule has 0 fully saturated rings. The molecule has 2 atom stereocenters. The van der Waals surface area contributed by atoms with Gasteiger partial charge in [0.2, 0.25) is 0 Å². The molecular weight excluding hydrogens is 310 g/mol. The number of rotatable bonds is 7. The zero-order valence-electron chi connectivity index (χ0n) is 13.2. The third kappa shape index (κ3) is 4.87. The van der Waals surface area contributed by atoms with E-state index in [1.807, 2.05) is 30.3 Å². The Kier molecular flexibility index (Phi) is 6.41. The molecule has 2 unspecified atom stereocenters. The monoisotopic (exact) mass is 329 g/mol. The molecular formula is C17H19N3O4. The van der Waals surface area contributed by atoms with Crippen molar-refractivity contribution >= 4 is 11.8 Å². The number of hydrogen-bond donors (Lipinski definition) is 3. The van der Waals surface area contributed by atoms with Crippen LogP contribution in [0.15, 0.2) is 54.9 Å². The molecule has 126 valence electrons. The largest absolute Gasteiger partial charge is 0.381 e. The van der Waals surface area contributed by atoms with E-state index in [1.165, 1.54) is 13.3 Å². The molecule has 0 aliphatic carbocycles. The molecule has 1 aromatic heterocycles. The van der Waals surface area contributed by atoms with Gasteiger partial charge in [-0.15, -0.1) is 0 Å². The van der Waals surface area contributed by atoms with Crippen molar-refractivity contribution in [1.29, 1.82) is 0 Å². The lowest BCUT2D eigenvalue weighted by Gasteiger charge is -2.23. The molecule has 7 nitrogen and oxygen atoms in total. The van der Waals surface area contributed by atoms with E-state index in [4.69, 9.17) is 0 Å². The first-order valence-corrected chi connectivity index (χ1v) is 7.37. The highest BCUT2D eigenvalue weighted by Gasteiger charge is 2.28. The fraction of sp³-hybridized carbons (Fsp3) is 0.235. The molecule has 0 bridgehead atoms. The Labute approximate surface area is 139 Å². The number of hydrogen-bond acceptors (Lipinski definition) is 5. The fourth-order valence-corrected chi connectivity index (χ4v) is 2.20. The van der Waals surface area contributed by atoms with Crippen molar-refractivity contribution in [3.05, 3.63) is 66.0 Å². The van der Waals surface area contributed by atoms with Gasteiger partial charge in [-0.2, -0.15) is 0 Å². The fourth-order valence-electron chi connectivity index (χ4n) is 2.20. The lowest BCUT2D eigenvalue weighted by atomic mass is 10.0. The van der Waals surface area contributed by atoms with Gasteiger partial charge in [0.05, 0.1) is 18.7 Å². The van der Waals surface area contributed by atoms with Gasteiger partial charge < -0.3 is 10.4 Å². The van der Waals surface area contributed by atoms with Gasteiger partial charge in [-0.25, -0.2) is 5.48 Å². The average molecular weight is 329 g/mol. The van der Waals surface area contributed by atoms with Crippen LogP contribution in [0.3, 0.4) is 0 Å². The molecule has 0 saturated heterocycles. The minimum atomic E-state index is -1.47. The van der Waals surface area contributed by atoms with Crippen molar-refractivity contribution in [3.8, 4) is 0 Å². The maximum atomic E-state index is 12.3. The molecule has 1 heterocycles. The third-order valence-electron chi connectivity index (χ3n) is 3.39. The molecule has 7 heteroatoms. The molecule has 0 radical (unpaired) electrons. The predicted molar refractivity (Wildman–Crippen MR) is 86.8 cm³/mol. The first-order chi connectivity index (χ1) is 11.6. The summed E-state index contributed by atoms with van der Waals surface area (Å²) in [5.41, 5.74) is 3.29. The summed E-state index contributed by atoms with van der Waals surface area (Å²) in [6.07, 6.45) is 1.78. The van der Waals surface area contributed by atoms with Crippen LogP contribution in [0.25, 0.3) is 0 Å². The van der Waals surface area contributed by atoms with Crippen LogP contribution in [0.5, 0.6) is 0 Å². The Morgan fingerprint density at radius 1 is 1.21 bits per heavy atom. The second-order valence-electron chi connectivity index (χ2n) is 5.13. The Hall–Kier alpha value is -2.77. The van der Waals surface area contributed by atoms with Crippen LogP contribution in [0.1, 0.15) is 15.9 Å². The first-order valence-electron chi connectivity index (χ1n) is 7.37. The number of nitrogens with one attached hydrogen (secondary N) is 2. The van der Waals surface area contributed by atoms with Gasteiger partial charge in [0.1, 0.15) is 0 Å². The summed E-state index contributed by atoms with van der Waals surface area (Å²) in [5, 5.41) is 12.9. The summed E-state index contributed by atoms with van der Waals surface area (Å²) in [6.45, 7) is 0. The minimum Gasteiger partial charge on any atom is -0.381 e. The highest BCUT2D eigenvalue weighted by Crippen LogP contribution is 2.08. The minimum absolute atomic E-state index is 0.283. The van der Waals surface area contributed by atoms with E-state index in [-0.39, 0.29) is 6.42 Å². The SMILES string of the molecule is CONC(=O)C(O)C(Cc1ccccc1)NC(=O)c1cccnc1. The normalized spacial score (nSPS) is 12.9. The van der Waals surface area contributed by atoms with E-state index in [9.17, 15) is 14.7 Å². The van der Waals surface area contributed by atoms with Crippen LogP contribution in [0.4, 0.5) is 0 Å². The molecule has 0 aliphatic heterocycles. The van der Waals surface area contributed by atoms with Gasteiger partial charge in [0.25, 0.3) is 11.8 Å². The van der Waals surface area contributed by atoms with Crippen molar-refractivity contribution in [3.63, 3.8) is 0 Å². The van der Waals surface area contributed by atoms with Crippen LogP contribution in [0.2, 0.25) is 0 Å². The topological polar surface area (TPSA) is 101 Å². The Morgan fingerprint density at radius 3 is 2.58 bits per heavy atom. The van der Waals surface area contributed by atoms with Crippen molar-refractivity contribution < 1.29 is 19.5 Å². The number of benzene rings is 1. The second-order valence-corrected chi connectivity index (χ2v) is 5.13. The standard InChI is InChI=1S/C17H19N3O4/c1-24-20-17(23)15(21)14(10-12-6-3-2-4-7-12)19-16(22)13-8-5-9-18-11-13/h2-9,11,14-15,21H,10H2,1H3,(H,19,22)(H,20,23). The van der Waals surface area contributed by atoms with Gasteiger partial charge in [-0.05, 0) is 24.1 Å². The highest BCUT2D eigenvalue weighted by molar-refractivity contribution is 5.94. The smallest absolute Gasteiger partial charge is 0.274 e. The molecule has 0 saturated carbocycles. The molecule has 2 aromatic rings. The first kappa shape index (κ1) is 17.6. The second kappa shape index (κ2) is 8.76. The van der Waals surface area contributed by atoms with Crippen molar-refractivity contribution in [2.24, 2.45) is 0 Å². The molecule has 0 spiro atoms. The van der Waals surface area contributed by atoms with Crippen molar-refractivity contribution in [2.75, 3.05) is 7.11 Å². The Balaban J connectivity index is 2.15. The lowest BCUT2D eigenvalue weighted by Crippen LogP contribution is -2.51. The maximum absolute atomic E-state index is 12.3. The number of aromatic nitrogens is 1. The molecule has 2 amide bonds. The zero-order valence-corrected chi connectivity index (χ0v) is 13.2. The quantitative estimate of drug-likeness (QED) is 0.641. The van der Waals surface area contributed by atoms with Gasteiger partial charge >= 0.3 is 0 Å². The van der Waals surface area contributed by atoms with Gasteiger partial charge in [0.15, 0.2) is 6.10 Å². The van der Waals surface area contributed by atoms with Crippen molar-refractivity contribution in [2.45, 2.75) is 18.6 Å². The number of pyridine rings is 1. The van der Waals surface area contributed by atoms with Crippen LogP contribution >= 0.6 is 0 Å². The number of nitrogens with zero attached hydrogens (tertiary/aromatic N) is 1. The lowest BCUT2D eigenvalue weighted by molar-refractivity contribution is -0.141. The Morgan fingerprint density at radius 2 is 1.96 bits per heavy atom. The summed E-state index contributed by atoms with van der Waals surface area (Å²) >= 11 is 0. The van der Waals surface area contributed by atoms with E-state index in [1.54, 1.807) is 18.3 Å². The van der Waals surface area contributed by atoms with E-state index in [0.29, 0.717) is 5.56 Å². The van der Waals surface area contributed by atoms with E-state index < -0.39 is 24.0 Å². The Bertz CT molecular complexity index is 664. The highest BCUT2D eigenvalue weighted by atomic mass is 16.6. The summed E-state index contributed by atoms with van der Waals surface area (Å²) in [7, 11) is 1.27. The number of amides is 2. The zero-order chi connectivity index (χ0) is 17.4. The van der Waals surface area contributed by atoms with E-state index in [2.05, 4.69) is 20.6 Å². The average Bonchev–Trinajstić information content (AvgIpc) is 2.62. The number of carbonyl (C=O) groups excluding carboxylic acids is 2. The van der Waals surface area contributed by atoms with Crippen molar-refractivity contribution in [1.82, 2.24) is 15.8 Å². The maximum Gasteiger partial charge on any atom is 0.274 e. The van der Waals surface area contributed by atoms with E-state index in [0.717, 1.165) is 5.56 Å². The van der Waals surface area contributed by atoms with Crippen LogP contribution < -0.4 is 10.8 Å². The molecule has 2 rings (SSSR count). The summed E-state index contributed by atoms with van der Waals surface area (Å²) in [6, 6.07) is 11.7. The van der Waals surface area contributed by atoms with Crippen LogP contribution in [-0.2, 0) is 16.1 Å². The molecule has 1 aromatic carbocycles. The summed E-state index contributed by atoms with van der Waals surface area (Å²) in [4.78, 5) is 32.6. The van der Waals surface area contributed by atoms with E-state index >= 15 is 0 Å². The van der Waals surface area contributed by atoms with Gasteiger partial charge in [-0.3, -0.25) is 19.4 Å². The summed E-state index contributed by atoms with van der Waals surface area (Å²) < 4.78 is 0. The van der Waals surface area contributed by atoms with Gasteiger partial charge in [-0.1, -0.05) is 30.3 Å². The number of carbonyl (C=O) groups is 2. The number of aliphatic hydroxyl groups excluding tert-OH is 1. The van der Waals surface area contributed by atoms with Gasteiger partial charge in [0, 0.05) is 12.4 Å². The number of aliphatic hydroxyl groups is 1. The molecule has 0 aliphatic rings. The third-order valence-corrected chi connectivity index (χ3v) is 3.39. The predicted octanol–water partition coefficient (Wildman–Crippen LogP) is 0.461. The molecule has 24 heavy (non-hydrogen) atoms. The van der Waals surface area contributed by atoms with Crippen LogP contribution in [0, 0.1) is 0 Å². The number of hydroxylamine groups is 1. The van der Waals surface area contributed by atoms with Crippen LogP contribution in [-0.4, -0.2) is 41.2 Å². The summed E-state index contributed by atoms with van der Waals surface area (Å²) in [5.74, 6) is -1.15.